The molecule has 0 radical (unpaired) electrons. The van der Waals surface area contributed by atoms with E-state index in [4.69, 9.17) is 5.11 Å². The highest BCUT2D eigenvalue weighted by Crippen LogP contribution is 1.95. The fraction of sp³-hybridized carbons (Fsp3) is 0.571. The Labute approximate surface area is 67.3 Å². The molecule has 3 heteroatoms. The number of hydrogen-bond acceptors (Lipinski definition) is 1. The first-order valence-corrected chi connectivity index (χ1v) is 3.10. The van der Waals surface area contributed by atoms with Gasteiger partial charge in [-0.05, 0) is 19.8 Å². The number of allylic oxidation sites excluding steroid dienone is 2. The standard InChI is InChI=1S/C7H12O2.ClH/c1-2-3-4-5-6-7(8)9;/h2-3H,4-6H2,1H3,(H,8,9);1H/b3-2+;. The van der Waals surface area contributed by atoms with Crippen molar-refractivity contribution in [3.8, 4) is 0 Å². The molecule has 0 saturated carbocycles. The van der Waals surface area contributed by atoms with Gasteiger partial charge in [0, 0.05) is 6.42 Å². The first-order chi connectivity index (χ1) is 4.27. The summed E-state index contributed by atoms with van der Waals surface area (Å²) >= 11 is 0. The summed E-state index contributed by atoms with van der Waals surface area (Å²) in [5.41, 5.74) is 0. The Morgan fingerprint density at radius 2 is 2.20 bits per heavy atom. The molecule has 0 aromatic carbocycles. The quantitative estimate of drug-likeness (QED) is 0.511. The van der Waals surface area contributed by atoms with E-state index in [1.165, 1.54) is 0 Å². The van der Waals surface area contributed by atoms with Crippen LogP contribution in [0.1, 0.15) is 26.2 Å². The molecular weight excluding hydrogens is 152 g/mol. The van der Waals surface area contributed by atoms with Gasteiger partial charge < -0.3 is 5.11 Å². The van der Waals surface area contributed by atoms with Gasteiger partial charge in [0.05, 0.1) is 0 Å². The van der Waals surface area contributed by atoms with Gasteiger partial charge >= 0.3 is 5.97 Å². The first-order valence-electron chi connectivity index (χ1n) is 3.10. The maximum absolute atomic E-state index is 9.94. The summed E-state index contributed by atoms with van der Waals surface area (Å²) in [6, 6.07) is 0. The highest BCUT2D eigenvalue weighted by atomic mass is 35.5. The molecular formula is C7H13ClO2. The highest BCUT2D eigenvalue weighted by molar-refractivity contribution is 5.85. The SMILES string of the molecule is C/C=C/CCCC(=O)O.Cl. The number of carbonyl (C=O) groups is 1. The number of rotatable bonds is 4. The molecule has 0 fully saturated rings. The van der Waals surface area contributed by atoms with E-state index in [1.807, 2.05) is 19.1 Å². The van der Waals surface area contributed by atoms with E-state index in [2.05, 4.69) is 0 Å². The van der Waals surface area contributed by atoms with Crippen molar-refractivity contribution in [1.29, 1.82) is 0 Å². The van der Waals surface area contributed by atoms with E-state index in [0.29, 0.717) is 0 Å². The van der Waals surface area contributed by atoms with Crippen LogP contribution in [0.2, 0.25) is 0 Å². The van der Waals surface area contributed by atoms with Gasteiger partial charge in [-0.15, -0.1) is 12.4 Å². The third-order valence-electron chi connectivity index (χ3n) is 0.997. The molecule has 0 spiro atoms. The second kappa shape index (κ2) is 8.50. The average Bonchev–Trinajstić information content (AvgIpc) is 1.80. The summed E-state index contributed by atoms with van der Waals surface area (Å²) < 4.78 is 0. The van der Waals surface area contributed by atoms with Crippen LogP contribution in [-0.2, 0) is 4.79 Å². The summed E-state index contributed by atoms with van der Waals surface area (Å²) in [6.07, 6.45) is 5.82. The summed E-state index contributed by atoms with van der Waals surface area (Å²) in [7, 11) is 0. The van der Waals surface area contributed by atoms with Crippen LogP contribution in [0.4, 0.5) is 0 Å². The summed E-state index contributed by atoms with van der Waals surface area (Å²) in [4.78, 5) is 9.94. The monoisotopic (exact) mass is 164 g/mol. The van der Waals surface area contributed by atoms with E-state index >= 15 is 0 Å². The third-order valence-corrected chi connectivity index (χ3v) is 0.997. The van der Waals surface area contributed by atoms with Crippen molar-refractivity contribution in [2.75, 3.05) is 0 Å². The zero-order chi connectivity index (χ0) is 7.11. The fourth-order valence-corrected chi connectivity index (χ4v) is 0.538. The lowest BCUT2D eigenvalue weighted by atomic mass is 10.2. The van der Waals surface area contributed by atoms with Crippen molar-refractivity contribution in [2.45, 2.75) is 26.2 Å². The van der Waals surface area contributed by atoms with Crippen LogP contribution >= 0.6 is 12.4 Å². The average molecular weight is 165 g/mol. The Morgan fingerprint density at radius 3 is 2.60 bits per heavy atom. The number of carboxylic acids is 1. The maximum atomic E-state index is 9.94. The Hall–Kier alpha value is -0.500. The van der Waals surface area contributed by atoms with E-state index < -0.39 is 5.97 Å². The van der Waals surface area contributed by atoms with Crippen molar-refractivity contribution in [3.63, 3.8) is 0 Å². The summed E-state index contributed by atoms with van der Waals surface area (Å²) in [5.74, 6) is -0.709. The smallest absolute Gasteiger partial charge is 0.303 e. The Kier molecular flexibility index (Phi) is 10.4. The summed E-state index contributed by atoms with van der Waals surface area (Å²) in [5, 5.41) is 8.19. The predicted octanol–water partition coefficient (Wildman–Crippen LogP) is 2.24. The number of aliphatic carboxylic acids is 1. The molecule has 10 heavy (non-hydrogen) atoms. The Morgan fingerprint density at radius 1 is 1.60 bits per heavy atom. The van der Waals surface area contributed by atoms with Crippen LogP contribution in [0.3, 0.4) is 0 Å². The van der Waals surface area contributed by atoms with E-state index in [0.717, 1.165) is 12.8 Å². The number of carboxylic acid groups (broad SMARTS) is 1. The minimum absolute atomic E-state index is 0. The molecule has 0 unspecified atom stereocenters. The third kappa shape index (κ3) is 10.5. The molecule has 0 amide bonds. The van der Waals surface area contributed by atoms with Gasteiger partial charge in [0.25, 0.3) is 0 Å². The molecule has 0 aliphatic carbocycles. The van der Waals surface area contributed by atoms with Crippen LogP contribution in [-0.4, -0.2) is 11.1 Å². The summed E-state index contributed by atoms with van der Waals surface area (Å²) in [6.45, 7) is 1.93. The second-order valence-electron chi connectivity index (χ2n) is 1.86. The second-order valence-corrected chi connectivity index (χ2v) is 1.86. The molecule has 0 aromatic heterocycles. The molecule has 0 atom stereocenters. The molecule has 60 valence electrons. The topological polar surface area (TPSA) is 37.3 Å². The van der Waals surface area contributed by atoms with Crippen molar-refractivity contribution < 1.29 is 9.90 Å². The maximum Gasteiger partial charge on any atom is 0.303 e. The Bertz CT molecular complexity index is 110. The lowest BCUT2D eigenvalue weighted by Crippen LogP contribution is -1.92. The molecule has 0 rings (SSSR count). The van der Waals surface area contributed by atoms with Gasteiger partial charge in [-0.1, -0.05) is 12.2 Å². The van der Waals surface area contributed by atoms with Gasteiger partial charge in [0.15, 0.2) is 0 Å². The predicted molar refractivity (Wildman–Crippen MR) is 43.5 cm³/mol. The van der Waals surface area contributed by atoms with Gasteiger partial charge in [0.2, 0.25) is 0 Å². The molecule has 0 aliphatic rings. The van der Waals surface area contributed by atoms with Gasteiger partial charge in [0.1, 0.15) is 0 Å². The van der Waals surface area contributed by atoms with Gasteiger partial charge in [-0.2, -0.15) is 0 Å². The van der Waals surface area contributed by atoms with Gasteiger partial charge in [-0.3, -0.25) is 4.79 Å². The van der Waals surface area contributed by atoms with E-state index in [1.54, 1.807) is 0 Å². The van der Waals surface area contributed by atoms with Crippen LogP contribution < -0.4 is 0 Å². The molecule has 0 heterocycles. The van der Waals surface area contributed by atoms with Crippen LogP contribution in [0.5, 0.6) is 0 Å². The zero-order valence-electron chi connectivity index (χ0n) is 6.04. The van der Waals surface area contributed by atoms with Crippen molar-refractivity contribution in [2.24, 2.45) is 0 Å². The number of unbranched alkanes of at least 4 members (excludes halogenated alkanes) is 1. The van der Waals surface area contributed by atoms with Crippen LogP contribution in [0.15, 0.2) is 12.2 Å². The molecule has 0 aromatic rings. The highest BCUT2D eigenvalue weighted by Gasteiger charge is 1.92. The van der Waals surface area contributed by atoms with E-state index in [9.17, 15) is 4.79 Å². The fourth-order valence-electron chi connectivity index (χ4n) is 0.538. The largest absolute Gasteiger partial charge is 0.481 e. The number of hydrogen-bond donors (Lipinski definition) is 1. The molecule has 0 bridgehead atoms. The molecule has 0 saturated heterocycles. The van der Waals surface area contributed by atoms with Crippen LogP contribution in [0.25, 0.3) is 0 Å². The lowest BCUT2D eigenvalue weighted by molar-refractivity contribution is -0.137. The minimum atomic E-state index is -0.709. The minimum Gasteiger partial charge on any atom is -0.481 e. The van der Waals surface area contributed by atoms with Crippen molar-refractivity contribution in [3.05, 3.63) is 12.2 Å². The molecule has 1 N–H and O–H groups in total. The van der Waals surface area contributed by atoms with E-state index in [-0.39, 0.29) is 18.8 Å². The number of halogens is 1. The molecule has 0 aliphatic heterocycles. The van der Waals surface area contributed by atoms with Crippen LogP contribution in [0, 0.1) is 0 Å². The Balaban J connectivity index is 0. The zero-order valence-corrected chi connectivity index (χ0v) is 6.86. The van der Waals surface area contributed by atoms with Gasteiger partial charge in [-0.25, -0.2) is 0 Å². The molecule has 2 nitrogen and oxygen atoms in total. The van der Waals surface area contributed by atoms with Crippen molar-refractivity contribution >= 4 is 18.4 Å². The lowest BCUT2D eigenvalue weighted by Gasteiger charge is -1.88. The first kappa shape index (κ1) is 12.2. The normalized spacial score (nSPS) is 9.30. The van der Waals surface area contributed by atoms with Crippen molar-refractivity contribution in [1.82, 2.24) is 0 Å².